The number of hydrogen-bond donors (Lipinski definition) is 1. The first kappa shape index (κ1) is 20.5. The summed E-state index contributed by atoms with van der Waals surface area (Å²) in [6.45, 7) is 0.785. The van der Waals surface area contributed by atoms with E-state index < -0.39 is 11.7 Å². The highest BCUT2D eigenvalue weighted by molar-refractivity contribution is 7.99. The molecule has 1 aliphatic heterocycles. The molecule has 2 aromatic rings. The Morgan fingerprint density at radius 2 is 2.00 bits per heavy atom. The second-order valence-electron chi connectivity index (χ2n) is 5.77. The normalized spacial score (nSPS) is 13.0. The predicted molar refractivity (Wildman–Crippen MR) is 105 cm³/mol. The fourth-order valence-corrected chi connectivity index (χ4v) is 3.11. The van der Waals surface area contributed by atoms with Gasteiger partial charge in [-0.05, 0) is 48.0 Å². The smallest absolute Gasteiger partial charge is 0.288 e. The first-order valence-corrected chi connectivity index (χ1v) is 9.34. The number of fused-ring (bicyclic) bond motifs is 1. The van der Waals surface area contributed by atoms with Crippen molar-refractivity contribution in [2.45, 2.75) is 10.7 Å². The lowest BCUT2D eigenvalue weighted by Gasteiger charge is -2.21. The van der Waals surface area contributed by atoms with Crippen LogP contribution < -0.4 is 19.5 Å². The molecule has 0 aliphatic carbocycles. The van der Waals surface area contributed by atoms with E-state index >= 15 is 0 Å². The Labute approximate surface area is 170 Å². The number of nitrogens with zero attached hydrogens (tertiary/aromatic N) is 1. The monoisotopic (exact) mass is 418 g/mol. The Hall–Kier alpha value is -3.25. The molecular weight excluding hydrogens is 402 g/mol. The van der Waals surface area contributed by atoms with Crippen LogP contribution >= 0.6 is 11.8 Å². The topological polar surface area (TPSA) is 80.6 Å². The fraction of sp³-hybridized carbons (Fsp3) is 0.200. The van der Waals surface area contributed by atoms with Crippen LogP contribution in [0.2, 0.25) is 0 Å². The van der Waals surface area contributed by atoms with E-state index in [-0.39, 0.29) is 5.57 Å². The number of halogens is 2. The molecule has 0 spiro atoms. The molecule has 2 aromatic carbocycles. The van der Waals surface area contributed by atoms with E-state index in [1.165, 1.54) is 37.5 Å². The zero-order valence-electron chi connectivity index (χ0n) is 15.3. The molecule has 0 saturated carbocycles. The van der Waals surface area contributed by atoms with Crippen LogP contribution in [0.15, 0.2) is 46.9 Å². The maximum Gasteiger partial charge on any atom is 0.288 e. The molecule has 0 aromatic heterocycles. The third kappa shape index (κ3) is 5.18. The van der Waals surface area contributed by atoms with E-state index in [1.807, 2.05) is 6.07 Å². The number of ether oxygens (including phenoxy) is 3. The third-order valence-electron chi connectivity index (χ3n) is 3.86. The van der Waals surface area contributed by atoms with Crippen molar-refractivity contribution in [1.82, 2.24) is 0 Å². The Kier molecular flexibility index (Phi) is 6.57. The van der Waals surface area contributed by atoms with Crippen molar-refractivity contribution in [3.63, 3.8) is 0 Å². The van der Waals surface area contributed by atoms with Crippen molar-refractivity contribution in [1.29, 1.82) is 5.26 Å². The van der Waals surface area contributed by atoms with E-state index in [4.69, 9.17) is 14.2 Å². The number of alkyl halides is 2. The summed E-state index contributed by atoms with van der Waals surface area (Å²) in [7, 11) is 1.48. The molecule has 3 rings (SSSR count). The van der Waals surface area contributed by atoms with Crippen LogP contribution in [-0.2, 0) is 4.79 Å². The molecule has 0 radical (unpaired) electrons. The predicted octanol–water partition coefficient (Wildman–Crippen LogP) is 4.33. The summed E-state index contributed by atoms with van der Waals surface area (Å²) in [5.41, 5.74) is 0.769. The minimum Gasteiger partial charge on any atom is -0.493 e. The number of thioether (sulfide) groups is 1. The maximum atomic E-state index is 12.4. The summed E-state index contributed by atoms with van der Waals surface area (Å²) in [5.74, 6) is -1.78. The maximum absolute atomic E-state index is 12.4. The number of nitriles is 1. The second kappa shape index (κ2) is 9.30. The lowest BCUT2D eigenvalue weighted by atomic mass is 10.1. The summed E-state index contributed by atoms with van der Waals surface area (Å²) in [4.78, 5) is 12.8. The van der Waals surface area contributed by atoms with Crippen molar-refractivity contribution in [2.24, 2.45) is 0 Å². The number of benzene rings is 2. The molecule has 1 heterocycles. The number of rotatable bonds is 6. The van der Waals surface area contributed by atoms with Crippen LogP contribution in [0.3, 0.4) is 0 Å². The third-order valence-corrected chi connectivity index (χ3v) is 4.59. The molecule has 0 atom stereocenters. The lowest BCUT2D eigenvalue weighted by molar-refractivity contribution is -0.112. The minimum absolute atomic E-state index is 0.144. The fourth-order valence-electron chi connectivity index (χ4n) is 2.61. The van der Waals surface area contributed by atoms with Crippen LogP contribution in [0, 0.1) is 11.3 Å². The Bertz CT molecular complexity index is 954. The molecule has 1 aliphatic rings. The van der Waals surface area contributed by atoms with Gasteiger partial charge >= 0.3 is 0 Å². The van der Waals surface area contributed by atoms with E-state index in [9.17, 15) is 18.8 Å². The number of nitrogens with one attached hydrogen (secondary N) is 1. The summed E-state index contributed by atoms with van der Waals surface area (Å²) >= 11 is 0.410. The Morgan fingerprint density at radius 3 is 2.66 bits per heavy atom. The van der Waals surface area contributed by atoms with Crippen LogP contribution in [0.25, 0.3) is 6.08 Å². The van der Waals surface area contributed by atoms with E-state index in [2.05, 4.69) is 5.32 Å². The number of carbonyl (C=O) groups excluding carboxylic acids is 1. The highest BCUT2D eigenvalue weighted by Gasteiger charge is 2.19. The Balaban J connectivity index is 1.79. The van der Waals surface area contributed by atoms with Crippen LogP contribution in [-0.4, -0.2) is 32.0 Å². The average Bonchev–Trinajstić information content (AvgIpc) is 2.72. The zero-order valence-corrected chi connectivity index (χ0v) is 16.1. The molecule has 0 saturated heterocycles. The molecular formula is C20H16F2N2O4S. The minimum atomic E-state index is -2.52. The average molecular weight is 418 g/mol. The molecule has 29 heavy (non-hydrogen) atoms. The highest BCUT2D eigenvalue weighted by Crippen LogP contribution is 2.40. The molecule has 0 bridgehead atoms. The molecule has 9 heteroatoms. The first-order valence-electron chi connectivity index (χ1n) is 8.46. The summed E-state index contributed by atoms with van der Waals surface area (Å²) < 4.78 is 41.1. The number of amides is 1. The summed E-state index contributed by atoms with van der Waals surface area (Å²) in [6.07, 6.45) is 1.40. The number of methoxy groups -OCH3 is 1. The van der Waals surface area contributed by atoms with Gasteiger partial charge in [0, 0.05) is 10.6 Å². The molecule has 1 N–H and O–H groups in total. The number of carbonyl (C=O) groups is 1. The molecule has 0 fully saturated rings. The van der Waals surface area contributed by atoms with Gasteiger partial charge in [-0.15, -0.1) is 0 Å². The van der Waals surface area contributed by atoms with Gasteiger partial charge in [0.25, 0.3) is 11.7 Å². The van der Waals surface area contributed by atoms with Gasteiger partial charge in [-0.3, -0.25) is 4.79 Å². The van der Waals surface area contributed by atoms with Gasteiger partial charge in [-0.2, -0.15) is 14.0 Å². The SMILES string of the molecule is COc1cc(/C=C(\C#N)C(=O)Nc2ccc(SC(F)F)cc2)cc2c1OCCO2. The van der Waals surface area contributed by atoms with Crippen molar-refractivity contribution >= 4 is 29.4 Å². The van der Waals surface area contributed by atoms with Gasteiger partial charge in [-0.25, -0.2) is 0 Å². The highest BCUT2D eigenvalue weighted by atomic mass is 32.2. The van der Waals surface area contributed by atoms with Crippen molar-refractivity contribution in [2.75, 3.05) is 25.6 Å². The van der Waals surface area contributed by atoms with Gasteiger partial charge in [0.1, 0.15) is 24.9 Å². The number of anilines is 1. The second-order valence-corrected chi connectivity index (χ2v) is 6.84. The molecule has 6 nitrogen and oxygen atoms in total. The van der Waals surface area contributed by atoms with Crippen LogP contribution in [0.4, 0.5) is 14.5 Å². The molecule has 0 unspecified atom stereocenters. The van der Waals surface area contributed by atoms with Crippen LogP contribution in [0.5, 0.6) is 17.2 Å². The molecule has 1 amide bonds. The van der Waals surface area contributed by atoms with Gasteiger partial charge in [0.15, 0.2) is 11.5 Å². The van der Waals surface area contributed by atoms with E-state index in [0.29, 0.717) is 58.4 Å². The standard InChI is InChI=1S/C20H16F2N2O4S/c1-26-16-9-12(10-17-18(16)28-7-6-27-17)8-13(11-23)19(25)24-14-2-4-15(5-3-14)29-20(21)22/h2-5,8-10,20H,6-7H2,1H3,(H,24,25)/b13-8+. The van der Waals surface area contributed by atoms with Crippen molar-refractivity contribution in [3.8, 4) is 23.3 Å². The quantitative estimate of drug-likeness (QED) is 0.427. The van der Waals surface area contributed by atoms with E-state index in [1.54, 1.807) is 12.1 Å². The van der Waals surface area contributed by atoms with Gasteiger partial charge in [0.05, 0.1) is 7.11 Å². The van der Waals surface area contributed by atoms with Crippen molar-refractivity contribution in [3.05, 3.63) is 47.5 Å². The van der Waals surface area contributed by atoms with Gasteiger partial charge in [0.2, 0.25) is 5.75 Å². The van der Waals surface area contributed by atoms with Crippen molar-refractivity contribution < 1.29 is 27.8 Å². The molecule has 150 valence electrons. The van der Waals surface area contributed by atoms with E-state index in [0.717, 1.165) is 0 Å². The Morgan fingerprint density at radius 1 is 1.28 bits per heavy atom. The number of hydrogen-bond acceptors (Lipinski definition) is 6. The van der Waals surface area contributed by atoms with Gasteiger partial charge < -0.3 is 19.5 Å². The first-order chi connectivity index (χ1) is 14.0. The lowest BCUT2D eigenvalue weighted by Crippen LogP contribution is -2.16. The zero-order chi connectivity index (χ0) is 20.8. The largest absolute Gasteiger partial charge is 0.493 e. The summed E-state index contributed by atoms with van der Waals surface area (Å²) in [6, 6.07) is 11.1. The van der Waals surface area contributed by atoms with Gasteiger partial charge in [-0.1, -0.05) is 11.8 Å². The van der Waals surface area contributed by atoms with Crippen LogP contribution in [0.1, 0.15) is 5.56 Å². The summed E-state index contributed by atoms with van der Waals surface area (Å²) in [5, 5.41) is 12.0.